The van der Waals surface area contributed by atoms with E-state index in [9.17, 15) is 5.21 Å². The van der Waals surface area contributed by atoms with E-state index >= 15 is 0 Å². The number of nitrogens with zero attached hydrogens (tertiary/aromatic N) is 2. The summed E-state index contributed by atoms with van der Waals surface area (Å²) in [7, 11) is 0. The fraction of sp³-hybridized carbons (Fsp3) is 0.267. The number of hydrogen-bond donors (Lipinski definition) is 0. The van der Waals surface area contributed by atoms with Gasteiger partial charge in [-0.05, 0) is 18.1 Å². The molecule has 2 heterocycles. The van der Waals surface area contributed by atoms with Crippen molar-refractivity contribution >= 4 is 5.82 Å². The number of hydrogen-bond acceptors (Lipinski definition) is 2. The van der Waals surface area contributed by atoms with E-state index in [0.717, 1.165) is 30.1 Å². The zero-order valence-corrected chi connectivity index (χ0v) is 10.2. The van der Waals surface area contributed by atoms with Crippen molar-refractivity contribution in [3.63, 3.8) is 0 Å². The van der Waals surface area contributed by atoms with Gasteiger partial charge >= 0.3 is 0 Å². The van der Waals surface area contributed by atoms with Crippen LogP contribution in [0.5, 0.6) is 0 Å². The van der Waals surface area contributed by atoms with E-state index in [0.29, 0.717) is 5.92 Å². The first-order valence-electron chi connectivity index (χ1n) is 6.32. The molecule has 0 amide bonds. The van der Waals surface area contributed by atoms with Crippen LogP contribution in [0.1, 0.15) is 17.9 Å². The van der Waals surface area contributed by atoms with Gasteiger partial charge in [-0.15, -0.1) is 0 Å². The molecular weight excluding hydrogens is 224 g/mol. The molecule has 2 aromatic rings. The first-order valence-corrected chi connectivity index (χ1v) is 6.32. The molecule has 0 bridgehead atoms. The summed E-state index contributed by atoms with van der Waals surface area (Å²) in [5.74, 6) is 1.29. The Bertz CT molecular complexity index is 527. The molecule has 3 heteroatoms. The monoisotopic (exact) mass is 240 g/mol. The van der Waals surface area contributed by atoms with Crippen LogP contribution in [-0.4, -0.2) is 13.1 Å². The van der Waals surface area contributed by atoms with Crippen molar-refractivity contribution in [1.29, 1.82) is 0 Å². The van der Waals surface area contributed by atoms with Gasteiger partial charge in [-0.3, -0.25) is 4.90 Å². The first kappa shape index (κ1) is 11.1. The lowest BCUT2D eigenvalue weighted by Crippen LogP contribution is -2.36. The second-order valence-electron chi connectivity index (χ2n) is 4.73. The molecule has 1 aromatic carbocycles. The topological polar surface area (TPSA) is 30.2 Å². The molecule has 0 radical (unpaired) electrons. The van der Waals surface area contributed by atoms with Crippen LogP contribution >= 0.6 is 0 Å². The highest BCUT2D eigenvalue weighted by Crippen LogP contribution is 2.28. The van der Waals surface area contributed by atoms with E-state index in [-0.39, 0.29) is 0 Å². The van der Waals surface area contributed by atoms with Crippen LogP contribution in [-0.2, 0) is 0 Å². The van der Waals surface area contributed by atoms with Crippen molar-refractivity contribution in [2.45, 2.75) is 12.3 Å². The molecule has 92 valence electrons. The van der Waals surface area contributed by atoms with E-state index in [1.165, 1.54) is 5.56 Å². The van der Waals surface area contributed by atoms with Gasteiger partial charge in [0, 0.05) is 12.0 Å². The molecule has 3 rings (SSSR count). The molecule has 0 saturated carbocycles. The summed E-state index contributed by atoms with van der Waals surface area (Å²) in [6.07, 6.45) is 2.67. The Morgan fingerprint density at radius 2 is 1.83 bits per heavy atom. The first-order chi connectivity index (χ1) is 8.84. The zero-order chi connectivity index (χ0) is 12.4. The van der Waals surface area contributed by atoms with Gasteiger partial charge in [0.05, 0.1) is 19.3 Å². The Kier molecular flexibility index (Phi) is 2.89. The minimum Gasteiger partial charge on any atom is -0.711 e. The molecule has 0 spiro atoms. The highest BCUT2D eigenvalue weighted by molar-refractivity contribution is 5.37. The predicted octanol–water partition coefficient (Wildman–Crippen LogP) is 2.31. The Morgan fingerprint density at radius 1 is 1.06 bits per heavy atom. The van der Waals surface area contributed by atoms with Crippen LogP contribution in [0.3, 0.4) is 0 Å². The maximum atomic E-state index is 11.7. The number of benzene rings is 1. The quantitative estimate of drug-likeness (QED) is 0.595. The molecule has 1 atom stereocenters. The average molecular weight is 240 g/mol. The average Bonchev–Trinajstić information content (AvgIpc) is 2.90. The molecule has 1 aliphatic rings. The molecule has 1 aliphatic heterocycles. The predicted molar refractivity (Wildman–Crippen MR) is 71.4 cm³/mol. The number of aromatic nitrogens is 1. The second-order valence-corrected chi connectivity index (χ2v) is 4.73. The van der Waals surface area contributed by atoms with Crippen molar-refractivity contribution in [1.82, 2.24) is 0 Å². The summed E-state index contributed by atoms with van der Waals surface area (Å²) in [6, 6.07) is 16.1. The summed E-state index contributed by atoms with van der Waals surface area (Å²) < 4.78 is 0.952. The second kappa shape index (κ2) is 4.69. The summed E-state index contributed by atoms with van der Waals surface area (Å²) in [5, 5.41) is 11.7. The van der Waals surface area contributed by atoms with Crippen molar-refractivity contribution in [3.8, 4) is 0 Å². The molecule has 1 saturated heterocycles. The number of anilines is 1. The zero-order valence-electron chi connectivity index (χ0n) is 10.2. The van der Waals surface area contributed by atoms with E-state index in [4.69, 9.17) is 0 Å². The molecule has 1 fully saturated rings. The normalized spacial score (nSPS) is 19.1. The van der Waals surface area contributed by atoms with E-state index in [1.807, 2.05) is 18.2 Å². The highest BCUT2D eigenvalue weighted by atomic mass is 16.5. The fourth-order valence-corrected chi connectivity index (χ4v) is 2.63. The third-order valence-corrected chi connectivity index (χ3v) is 3.59. The Labute approximate surface area is 107 Å². The van der Waals surface area contributed by atoms with Gasteiger partial charge in [0.25, 0.3) is 5.82 Å². The standard InChI is InChI=1S/C15H16N2O/c18-17-10-5-4-8-15(17)16-11-9-14(12-16)13-6-2-1-3-7-13/h1-8,10,14H,9,11-12H2/t14-/m1/s1. The molecule has 0 N–H and O–H groups in total. The van der Waals surface area contributed by atoms with Gasteiger partial charge in [0.1, 0.15) is 0 Å². The minimum atomic E-state index is 0.534. The van der Waals surface area contributed by atoms with Crippen LogP contribution in [0.2, 0.25) is 0 Å². The van der Waals surface area contributed by atoms with Crippen molar-refractivity contribution < 1.29 is 4.73 Å². The van der Waals surface area contributed by atoms with Gasteiger partial charge in [-0.25, -0.2) is 4.73 Å². The van der Waals surface area contributed by atoms with Crippen molar-refractivity contribution in [3.05, 3.63) is 65.5 Å². The summed E-state index contributed by atoms with van der Waals surface area (Å²) >= 11 is 0. The van der Waals surface area contributed by atoms with Crippen LogP contribution in [0.25, 0.3) is 0 Å². The molecule has 1 aromatic heterocycles. The lowest BCUT2D eigenvalue weighted by molar-refractivity contribution is -0.592. The van der Waals surface area contributed by atoms with Gasteiger partial charge in [0.15, 0.2) is 0 Å². The lowest BCUT2D eigenvalue weighted by Gasteiger charge is -2.16. The smallest absolute Gasteiger partial charge is 0.279 e. The van der Waals surface area contributed by atoms with Gasteiger partial charge in [0.2, 0.25) is 0 Å². The Hall–Kier alpha value is -2.03. The van der Waals surface area contributed by atoms with Crippen LogP contribution < -0.4 is 9.63 Å². The SMILES string of the molecule is [O-][n+]1ccccc1N1CC[C@@H](c2ccccc2)C1. The highest BCUT2D eigenvalue weighted by Gasteiger charge is 2.30. The molecule has 0 aliphatic carbocycles. The molecular formula is C15H16N2O. The van der Waals surface area contributed by atoms with E-state index in [1.54, 1.807) is 12.3 Å². The third kappa shape index (κ3) is 2.04. The van der Waals surface area contributed by atoms with Crippen molar-refractivity contribution in [2.75, 3.05) is 18.0 Å². The third-order valence-electron chi connectivity index (χ3n) is 3.59. The summed E-state index contributed by atoms with van der Waals surface area (Å²) in [6.45, 7) is 1.88. The molecule has 18 heavy (non-hydrogen) atoms. The minimum absolute atomic E-state index is 0.534. The number of pyridine rings is 1. The summed E-state index contributed by atoms with van der Waals surface area (Å²) in [5.41, 5.74) is 1.37. The van der Waals surface area contributed by atoms with Gasteiger partial charge < -0.3 is 5.21 Å². The lowest BCUT2D eigenvalue weighted by atomic mass is 9.99. The van der Waals surface area contributed by atoms with Crippen molar-refractivity contribution in [2.24, 2.45) is 0 Å². The summed E-state index contributed by atoms with van der Waals surface area (Å²) in [4.78, 5) is 2.17. The van der Waals surface area contributed by atoms with Crippen LogP contribution in [0, 0.1) is 5.21 Å². The maximum absolute atomic E-state index is 11.7. The van der Waals surface area contributed by atoms with E-state index < -0.39 is 0 Å². The van der Waals surface area contributed by atoms with Gasteiger partial charge in [-0.2, -0.15) is 0 Å². The van der Waals surface area contributed by atoms with Crippen LogP contribution in [0.4, 0.5) is 5.82 Å². The molecule has 3 nitrogen and oxygen atoms in total. The van der Waals surface area contributed by atoms with Crippen LogP contribution in [0.15, 0.2) is 54.7 Å². The van der Waals surface area contributed by atoms with Gasteiger partial charge in [-0.1, -0.05) is 36.4 Å². The maximum Gasteiger partial charge on any atom is 0.279 e. The largest absolute Gasteiger partial charge is 0.711 e. The fourth-order valence-electron chi connectivity index (χ4n) is 2.63. The Balaban J connectivity index is 1.78. The van der Waals surface area contributed by atoms with E-state index in [2.05, 4.69) is 29.2 Å². The Morgan fingerprint density at radius 3 is 2.61 bits per heavy atom. The molecule has 0 unspecified atom stereocenters. The number of rotatable bonds is 2.